The van der Waals surface area contributed by atoms with Crippen LogP contribution in [0.4, 0.5) is 5.69 Å². The number of halogens is 1. The number of nitrogens with zero attached hydrogens (tertiary/aromatic N) is 3. The third-order valence-corrected chi connectivity index (χ3v) is 6.15. The van der Waals surface area contributed by atoms with Crippen molar-refractivity contribution in [1.82, 2.24) is 4.31 Å². The van der Waals surface area contributed by atoms with E-state index >= 15 is 0 Å². The van der Waals surface area contributed by atoms with Gasteiger partial charge in [0.05, 0.1) is 18.8 Å². The predicted molar refractivity (Wildman–Crippen MR) is 96.8 cm³/mol. The van der Waals surface area contributed by atoms with Crippen molar-refractivity contribution >= 4 is 27.5 Å². The van der Waals surface area contributed by atoms with Crippen LogP contribution in [0.25, 0.3) is 4.85 Å². The molecule has 1 fully saturated rings. The van der Waals surface area contributed by atoms with Gasteiger partial charge in [-0.2, -0.15) is 8.42 Å². The summed E-state index contributed by atoms with van der Waals surface area (Å²) in [6.07, 6.45) is 0. The van der Waals surface area contributed by atoms with Crippen LogP contribution in [0.1, 0.15) is 11.6 Å². The highest BCUT2D eigenvalue weighted by molar-refractivity contribution is 7.90. The molecule has 3 rings (SSSR count). The molecule has 0 bridgehead atoms. The van der Waals surface area contributed by atoms with E-state index in [-0.39, 0.29) is 13.2 Å². The summed E-state index contributed by atoms with van der Waals surface area (Å²) in [6, 6.07) is 13.4. The molecular formula is C17H16ClN3O3S. The Morgan fingerprint density at radius 2 is 2.00 bits per heavy atom. The molecule has 0 aromatic heterocycles. The first kappa shape index (κ1) is 17.5. The maximum atomic E-state index is 13.0. The summed E-state index contributed by atoms with van der Waals surface area (Å²) in [5.74, 6) is 0.648. The van der Waals surface area contributed by atoms with Crippen LogP contribution in [0.3, 0.4) is 0 Å². The van der Waals surface area contributed by atoms with Crippen molar-refractivity contribution in [1.29, 1.82) is 0 Å². The van der Waals surface area contributed by atoms with E-state index in [2.05, 4.69) is 4.85 Å². The van der Waals surface area contributed by atoms with Crippen LogP contribution in [-0.4, -0.2) is 33.0 Å². The molecule has 6 nitrogen and oxygen atoms in total. The average Bonchev–Trinajstić information content (AvgIpc) is 2.87. The van der Waals surface area contributed by atoms with Crippen molar-refractivity contribution in [2.45, 2.75) is 6.04 Å². The SMILES string of the molecule is [C-]#[N+]CN1C[C@H](c2cccc(OC)c2)N(c2ccc(Cl)cc2)S1(=O)=O. The van der Waals surface area contributed by atoms with Gasteiger partial charge in [0.2, 0.25) is 0 Å². The lowest BCUT2D eigenvalue weighted by molar-refractivity contribution is 0.413. The summed E-state index contributed by atoms with van der Waals surface area (Å²) in [5, 5.41) is 0.524. The van der Waals surface area contributed by atoms with E-state index in [0.717, 1.165) is 5.56 Å². The van der Waals surface area contributed by atoms with Crippen molar-refractivity contribution in [3.05, 3.63) is 70.5 Å². The lowest BCUT2D eigenvalue weighted by atomic mass is 10.1. The number of hydrogen-bond donors (Lipinski definition) is 0. The molecule has 0 unspecified atom stereocenters. The van der Waals surface area contributed by atoms with Gasteiger partial charge in [-0.25, -0.2) is 10.9 Å². The molecule has 0 radical (unpaired) electrons. The van der Waals surface area contributed by atoms with Crippen molar-refractivity contribution in [2.24, 2.45) is 0 Å². The smallest absolute Gasteiger partial charge is 0.310 e. The first-order valence-electron chi connectivity index (χ1n) is 7.49. The van der Waals surface area contributed by atoms with Crippen molar-refractivity contribution < 1.29 is 13.2 Å². The van der Waals surface area contributed by atoms with Gasteiger partial charge in [-0.05, 0) is 42.0 Å². The molecule has 1 saturated heterocycles. The summed E-state index contributed by atoms with van der Waals surface area (Å²) >= 11 is 5.93. The number of hydrogen-bond acceptors (Lipinski definition) is 3. The molecule has 1 aliphatic heterocycles. The molecule has 0 amide bonds. The zero-order chi connectivity index (χ0) is 18.0. The van der Waals surface area contributed by atoms with E-state index < -0.39 is 16.3 Å². The Bertz CT molecular complexity index is 909. The molecule has 130 valence electrons. The van der Waals surface area contributed by atoms with Crippen LogP contribution in [-0.2, 0) is 10.2 Å². The number of rotatable bonds is 4. The Morgan fingerprint density at radius 1 is 1.28 bits per heavy atom. The highest BCUT2D eigenvalue weighted by Crippen LogP contribution is 2.39. The fraction of sp³-hybridized carbons (Fsp3) is 0.235. The highest BCUT2D eigenvalue weighted by atomic mass is 35.5. The molecule has 1 aliphatic rings. The Morgan fingerprint density at radius 3 is 2.64 bits per heavy atom. The first-order chi connectivity index (χ1) is 12.0. The fourth-order valence-electron chi connectivity index (χ4n) is 2.85. The van der Waals surface area contributed by atoms with Crippen LogP contribution >= 0.6 is 11.6 Å². The van der Waals surface area contributed by atoms with Gasteiger partial charge in [0, 0.05) is 11.6 Å². The van der Waals surface area contributed by atoms with E-state index in [1.165, 1.54) is 8.61 Å². The van der Waals surface area contributed by atoms with Gasteiger partial charge >= 0.3 is 10.2 Å². The number of anilines is 1. The molecule has 0 saturated carbocycles. The highest BCUT2D eigenvalue weighted by Gasteiger charge is 2.46. The second-order valence-electron chi connectivity index (χ2n) is 5.51. The Hall–Kier alpha value is -2.27. The van der Waals surface area contributed by atoms with Gasteiger partial charge in [-0.15, -0.1) is 4.31 Å². The minimum atomic E-state index is -3.80. The van der Waals surface area contributed by atoms with Gasteiger partial charge in [0.1, 0.15) is 5.75 Å². The van der Waals surface area contributed by atoms with Crippen molar-refractivity contribution in [3.63, 3.8) is 0 Å². The molecule has 1 heterocycles. The van der Waals surface area contributed by atoms with Gasteiger partial charge in [0.15, 0.2) is 0 Å². The summed E-state index contributed by atoms with van der Waals surface area (Å²) in [4.78, 5) is 3.24. The maximum Gasteiger partial charge on any atom is 0.310 e. The van der Waals surface area contributed by atoms with Gasteiger partial charge in [-0.3, -0.25) is 4.85 Å². The number of benzene rings is 2. The minimum Gasteiger partial charge on any atom is -0.497 e. The quantitative estimate of drug-likeness (QED) is 0.768. The largest absolute Gasteiger partial charge is 0.497 e. The Labute approximate surface area is 152 Å². The van der Waals surface area contributed by atoms with Gasteiger partial charge in [-0.1, -0.05) is 23.7 Å². The van der Waals surface area contributed by atoms with Crippen LogP contribution in [0, 0.1) is 6.57 Å². The first-order valence-corrected chi connectivity index (χ1v) is 9.27. The third-order valence-electron chi connectivity index (χ3n) is 4.02. The maximum absolute atomic E-state index is 13.0. The number of methoxy groups -OCH3 is 1. The minimum absolute atomic E-state index is 0.195. The zero-order valence-corrected chi connectivity index (χ0v) is 15.0. The zero-order valence-electron chi connectivity index (χ0n) is 13.5. The Balaban J connectivity index is 2.10. The lowest BCUT2D eigenvalue weighted by Crippen LogP contribution is -2.33. The third kappa shape index (κ3) is 3.29. The summed E-state index contributed by atoms with van der Waals surface area (Å²) in [5.41, 5.74) is 1.30. The van der Waals surface area contributed by atoms with E-state index in [0.29, 0.717) is 16.5 Å². The van der Waals surface area contributed by atoms with Crippen molar-refractivity contribution in [2.75, 3.05) is 24.6 Å². The monoisotopic (exact) mass is 377 g/mol. The van der Waals surface area contributed by atoms with E-state index in [9.17, 15) is 8.42 Å². The molecular weight excluding hydrogens is 362 g/mol. The molecule has 0 N–H and O–H groups in total. The molecule has 8 heteroatoms. The topological polar surface area (TPSA) is 54.2 Å². The standard InChI is InChI=1S/C17H16ClN3O3S/c1-19-12-20-11-17(13-4-3-5-16(10-13)24-2)21(25(20,22)23)15-8-6-14(18)7-9-15/h3-10,17H,11-12H2,2H3/t17-/m1/s1. The fourth-order valence-corrected chi connectivity index (χ4v) is 4.65. The van der Waals surface area contributed by atoms with E-state index in [1.807, 2.05) is 18.2 Å². The lowest BCUT2D eigenvalue weighted by Gasteiger charge is -2.24. The van der Waals surface area contributed by atoms with Gasteiger partial charge < -0.3 is 4.74 Å². The molecule has 0 spiro atoms. The van der Waals surface area contributed by atoms with Crippen LogP contribution < -0.4 is 9.04 Å². The molecule has 25 heavy (non-hydrogen) atoms. The molecule has 2 aromatic rings. The molecule has 0 aliphatic carbocycles. The molecule has 2 aromatic carbocycles. The van der Waals surface area contributed by atoms with E-state index in [4.69, 9.17) is 22.9 Å². The predicted octanol–water partition coefficient (Wildman–Crippen LogP) is 3.33. The Kier molecular flexibility index (Phi) is 4.86. The van der Waals surface area contributed by atoms with Gasteiger partial charge in [0.25, 0.3) is 6.67 Å². The summed E-state index contributed by atoms with van der Waals surface area (Å²) in [6.45, 7) is 7.02. The average molecular weight is 378 g/mol. The summed E-state index contributed by atoms with van der Waals surface area (Å²) in [7, 11) is -2.24. The summed E-state index contributed by atoms with van der Waals surface area (Å²) < 4.78 is 33.7. The van der Waals surface area contributed by atoms with Crippen LogP contribution in [0.5, 0.6) is 5.75 Å². The second-order valence-corrected chi connectivity index (χ2v) is 7.75. The number of ether oxygens (including phenoxy) is 1. The van der Waals surface area contributed by atoms with Crippen LogP contribution in [0.2, 0.25) is 5.02 Å². The van der Waals surface area contributed by atoms with Crippen LogP contribution in [0.15, 0.2) is 48.5 Å². The van der Waals surface area contributed by atoms with E-state index in [1.54, 1.807) is 37.4 Å². The normalized spacial score (nSPS) is 19.6. The van der Waals surface area contributed by atoms with Crippen molar-refractivity contribution in [3.8, 4) is 5.75 Å². The molecule has 1 atom stereocenters. The second kappa shape index (κ2) is 6.92.